The predicted octanol–water partition coefficient (Wildman–Crippen LogP) is 2.19. The summed E-state index contributed by atoms with van der Waals surface area (Å²) in [6, 6.07) is 5.41. The number of rotatable bonds is 2. The maximum Gasteiger partial charge on any atom is 0.323 e. The van der Waals surface area contributed by atoms with Crippen molar-refractivity contribution in [3.63, 3.8) is 0 Å². The topological polar surface area (TPSA) is 69.8 Å². The first-order chi connectivity index (χ1) is 7.75. The fraction of sp³-hybridized carbons (Fsp3) is 0. The number of halogens is 1. The van der Waals surface area contributed by atoms with Crippen LogP contribution in [0.15, 0.2) is 36.7 Å². The Bertz CT molecular complexity index is 483. The molecular formula is C10H9FN4O. The Morgan fingerprint density at radius 1 is 1.31 bits per heavy atom. The third kappa shape index (κ3) is 2.35. The molecule has 0 atom stereocenters. The number of aromatic amines is 1. The predicted molar refractivity (Wildman–Crippen MR) is 57.6 cm³/mol. The standard InChI is InChI=1S/C10H9FN4O/c11-8-3-1-2-4-9(8)15-10(16)14-7-5-12-13-6-7/h1-6H,(H,12,13)(H2,14,15,16). The Labute approximate surface area is 90.7 Å². The van der Waals surface area contributed by atoms with Gasteiger partial charge in [-0.25, -0.2) is 9.18 Å². The molecule has 0 aliphatic rings. The van der Waals surface area contributed by atoms with E-state index in [1.165, 1.54) is 24.5 Å². The molecule has 82 valence electrons. The number of benzene rings is 1. The Hall–Kier alpha value is -2.37. The van der Waals surface area contributed by atoms with Gasteiger partial charge in [0.2, 0.25) is 0 Å². The van der Waals surface area contributed by atoms with Crippen molar-refractivity contribution in [2.24, 2.45) is 0 Å². The van der Waals surface area contributed by atoms with Crippen molar-refractivity contribution in [1.82, 2.24) is 10.2 Å². The number of carbonyl (C=O) groups excluding carboxylic acids is 1. The molecule has 0 bridgehead atoms. The lowest BCUT2D eigenvalue weighted by molar-refractivity contribution is 0.262. The minimum atomic E-state index is -0.522. The van der Waals surface area contributed by atoms with Gasteiger partial charge in [-0.1, -0.05) is 12.1 Å². The summed E-state index contributed by atoms with van der Waals surface area (Å²) in [7, 11) is 0. The van der Waals surface area contributed by atoms with E-state index in [9.17, 15) is 9.18 Å². The van der Waals surface area contributed by atoms with Gasteiger partial charge in [0.05, 0.1) is 17.6 Å². The zero-order valence-corrected chi connectivity index (χ0v) is 8.20. The molecule has 0 aliphatic carbocycles. The number of nitrogens with one attached hydrogen (secondary N) is 3. The lowest BCUT2D eigenvalue weighted by Gasteiger charge is -2.06. The van der Waals surface area contributed by atoms with E-state index in [1.807, 2.05) is 0 Å². The van der Waals surface area contributed by atoms with E-state index >= 15 is 0 Å². The normalized spacial score (nSPS) is 9.81. The largest absolute Gasteiger partial charge is 0.323 e. The first-order valence-electron chi connectivity index (χ1n) is 4.57. The molecule has 3 N–H and O–H groups in total. The maximum atomic E-state index is 13.2. The van der Waals surface area contributed by atoms with Crippen molar-refractivity contribution in [3.05, 3.63) is 42.5 Å². The summed E-state index contributed by atoms with van der Waals surface area (Å²) in [5, 5.41) is 11.1. The van der Waals surface area contributed by atoms with Crippen molar-refractivity contribution >= 4 is 17.4 Å². The monoisotopic (exact) mass is 220 g/mol. The molecule has 1 heterocycles. The molecule has 16 heavy (non-hydrogen) atoms. The van der Waals surface area contributed by atoms with Crippen LogP contribution in [0.4, 0.5) is 20.6 Å². The van der Waals surface area contributed by atoms with Crippen LogP contribution in [-0.2, 0) is 0 Å². The van der Waals surface area contributed by atoms with Crippen molar-refractivity contribution in [2.45, 2.75) is 0 Å². The highest BCUT2D eigenvalue weighted by Gasteiger charge is 2.06. The number of urea groups is 1. The number of hydrogen-bond donors (Lipinski definition) is 3. The summed E-state index contributed by atoms with van der Waals surface area (Å²) in [4.78, 5) is 11.4. The Morgan fingerprint density at radius 2 is 2.12 bits per heavy atom. The second-order valence-corrected chi connectivity index (χ2v) is 3.05. The molecule has 6 heteroatoms. The molecule has 0 saturated carbocycles. The number of para-hydroxylation sites is 1. The van der Waals surface area contributed by atoms with E-state index in [4.69, 9.17) is 0 Å². The van der Waals surface area contributed by atoms with Crippen molar-refractivity contribution < 1.29 is 9.18 Å². The van der Waals surface area contributed by atoms with Crippen LogP contribution in [0, 0.1) is 5.82 Å². The molecular weight excluding hydrogens is 211 g/mol. The minimum absolute atomic E-state index is 0.128. The van der Waals surface area contributed by atoms with E-state index in [-0.39, 0.29) is 5.69 Å². The van der Waals surface area contributed by atoms with Crippen LogP contribution in [0.25, 0.3) is 0 Å². The average molecular weight is 220 g/mol. The lowest BCUT2D eigenvalue weighted by atomic mass is 10.3. The molecule has 2 rings (SSSR count). The van der Waals surface area contributed by atoms with E-state index in [2.05, 4.69) is 20.8 Å². The van der Waals surface area contributed by atoms with E-state index < -0.39 is 11.8 Å². The third-order valence-corrected chi connectivity index (χ3v) is 1.88. The maximum absolute atomic E-state index is 13.2. The molecule has 2 amide bonds. The summed E-state index contributed by atoms with van der Waals surface area (Å²) in [6.45, 7) is 0. The Morgan fingerprint density at radius 3 is 2.81 bits per heavy atom. The first kappa shape index (κ1) is 10.2. The summed E-state index contributed by atoms with van der Waals surface area (Å²) in [5.74, 6) is -0.482. The van der Waals surface area contributed by atoms with Gasteiger partial charge in [0.25, 0.3) is 0 Å². The number of anilines is 2. The quantitative estimate of drug-likeness (QED) is 0.726. The number of H-pyrrole nitrogens is 1. The molecule has 1 aromatic heterocycles. The molecule has 0 saturated heterocycles. The van der Waals surface area contributed by atoms with Gasteiger partial charge in [-0.3, -0.25) is 5.10 Å². The highest BCUT2D eigenvalue weighted by Crippen LogP contribution is 2.12. The highest BCUT2D eigenvalue weighted by atomic mass is 19.1. The summed E-state index contributed by atoms with van der Waals surface area (Å²) in [5.41, 5.74) is 0.636. The van der Waals surface area contributed by atoms with Gasteiger partial charge in [0.15, 0.2) is 0 Å². The lowest BCUT2D eigenvalue weighted by Crippen LogP contribution is -2.19. The highest BCUT2D eigenvalue weighted by molar-refractivity contribution is 5.99. The van der Waals surface area contributed by atoms with Crippen LogP contribution in [0.2, 0.25) is 0 Å². The van der Waals surface area contributed by atoms with E-state index in [0.717, 1.165) is 0 Å². The van der Waals surface area contributed by atoms with Gasteiger partial charge in [0, 0.05) is 6.20 Å². The fourth-order valence-corrected chi connectivity index (χ4v) is 1.17. The summed E-state index contributed by atoms with van der Waals surface area (Å²) in [6.07, 6.45) is 2.96. The minimum Gasteiger partial charge on any atom is -0.305 e. The molecule has 0 radical (unpaired) electrons. The molecule has 0 aliphatic heterocycles. The van der Waals surface area contributed by atoms with Crippen molar-refractivity contribution in [3.8, 4) is 0 Å². The number of hydrogen-bond acceptors (Lipinski definition) is 2. The summed E-state index contributed by atoms with van der Waals surface area (Å²) < 4.78 is 13.2. The molecule has 1 aromatic carbocycles. The van der Waals surface area contributed by atoms with Gasteiger partial charge in [0.1, 0.15) is 5.82 Å². The molecule has 2 aromatic rings. The Kier molecular flexibility index (Phi) is 2.81. The number of amides is 2. The van der Waals surface area contributed by atoms with Gasteiger partial charge in [-0.15, -0.1) is 0 Å². The molecule has 5 nitrogen and oxygen atoms in total. The van der Waals surface area contributed by atoms with Crippen molar-refractivity contribution in [2.75, 3.05) is 10.6 Å². The van der Waals surface area contributed by atoms with Gasteiger partial charge in [-0.2, -0.15) is 5.10 Å². The van der Waals surface area contributed by atoms with E-state index in [1.54, 1.807) is 12.1 Å². The van der Waals surface area contributed by atoms with Crippen LogP contribution in [0.5, 0.6) is 0 Å². The van der Waals surface area contributed by atoms with Crippen LogP contribution >= 0.6 is 0 Å². The average Bonchev–Trinajstić information content (AvgIpc) is 2.74. The molecule has 0 fully saturated rings. The van der Waals surface area contributed by atoms with Crippen LogP contribution in [-0.4, -0.2) is 16.2 Å². The fourth-order valence-electron chi connectivity index (χ4n) is 1.17. The van der Waals surface area contributed by atoms with Crippen LogP contribution in [0.1, 0.15) is 0 Å². The molecule has 0 unspecified atom stereocenters. The first-order valence-corrected chi connectivity index (χ1v) is 4.57. The third-order valence-electron chi connectivity index (χ3n) is 1.88. The van der Waals surface area contributed by atoms with Crippen LogP contribution < -0.4 is 10.6 Å². The van der Waals surface area contributed by atoms with Crippen molar-refractivity contribution in [1.29, 1.82) is 0 Å². The van der Waals surface area contributed by atoms with E-state index in [0.29, 0.717) is 5.69 Å². The van der Waals surface area contributed by atoms with Crippen LogP contribution in [0.3, 0.4) is 0 Å². The summed E-state index contributed by atoms with van der Waals surface area (Å²) >= 11 is 0. The smallest absolute Gasteiger partial charge is 0.305 e. The van der Waals surface area contributed by atoms with Gasteiger partial charge < -0.3 is 10.6 Å². The van der Waals surface area contributed by atoms with Gasteiger partial charge >= 0.3 is 6.03 Å². The zero-order valence-electron chi connectivity index (χ0n) is 8.20. The second-order valence-electron chi connectivity index (χ2n) is 3.05. The van der Waals surface area contributed by atoms with Gasteiger partial charge in [-0.05, 0) is 12.1 Å². The number of nitrogens with zero attached hydrogens (tertiary/aromatic N) is 1. The SMILES string of the molecule is O=C(Nc1cn[nH]c1)Nc1ccccc1F. The number of aromatic nitrogens is 2. The second kappa shape index (κ2) is 4.43. The number of carbonyl (C=O) groups is 1. The Balaban J connectivity index is 2.00. The zero-order chi connectivity index (χ0) is 11.4. The molecule has 0 spiro atoms.